The average Bonchev–Trinajstić information content (AvgIpc) is 2.80. The summed E-state index contributed by atoms with van der Waals surface area (Å²) in [5, 5.41) is 3.01. The number of aromatic nitrogens is 1. The molecule has 1 aromatic carbocycles. The quantitative estimate of drug-likeness (QED) is 0.463. The molecule has 5 heteroatoms. The standard InChI is InChI=1S/C11H8N4O/c12-15-14-11(16)10-7-6-9(13-10)8-4-2-1-3-5-8/h1-7,13H. The molecule has 5 nitrogen and oxygen atoms in total. The molecule has 0 atom stereocenters. The fourth-order valence-corrected chi connectivity index (χ4v) is 1.40. The number of H-pyrrole nitrogens is 1. The van der Waals surface area contributed by atoms with Crippen molar-refractivity contribution in [3.05, 3.63) is 58.6 Å². The van der Waals surface area contributed by atoms with E-state index < -0.39 is 5.91 Å². The number of amides is 1. The van der Waals surface area contributed by atoms with E-state index in [1.165, 1.54) is 0 Å². The van der Waals surface area contributed by atoms with Gasteiger partial charge in [-0.3, -0.25) is 4.79 Å². The van der Waals surface area contributed by atoms with Gasteiger partial charge in [0.2, 0.25) is 0 Å². The molecule has 0 fully saturated rings. The second-order valence-electron chi connectivity index (χ2n) is 3.15. The molecule has 0 spiro atoms. The predicted octanol–water partition coefficient (Wildman–Crippen LogP) is 3.13. The molecular formula is C11H8N4O. The molecule has 0 aliphatic rings. The van der Waals surface area contributed by atoms with E-state index in [-0.39, 0.29) is 5.69 Å². The number of nitrogens with one attached hydrogen (secondary N) is 1. The summed E-state index contributed by atoms with van der Waals surface area (Å²) < 4.78 is 0. The SMILES string of the molecule is [N-]=[N+]=NC(=O)c1ccc(-c2ccccc2)[nH]1. The number of carbonyl (C=O) groups is 1. The third kappa shape index (κ3) is 1.94. The van der Waals surface area contributed by atoms with Crippen LogP contribution >= 0.6 is 0 Å². The Bertz CT molecular complexity index is 552. The average molecular weight is 212 g/mol. The summed E-state index contributed by atoms with van der Waals surface area (Å²) in [5.74, 6) is -0.607. The van der Waals surface area contributed by atoms with Gasteiger partial charge in [0.15, 0.2) is 0 Å². The maximum Gasteiger partial charge on any atom is 0.265 e. The Morgan fingerprint density at radius 2 is 1.94 bits per heavy atom. The lowest BCUT2D eigenvalue weighted by Gasteiger charge is -1.96. The summed E-state index contributed by atoms with van der Waals surface area (Å²) in [6.07, 6.45) is 0. The van der Waals surface area contributed by atoms with Gasteiger partial charge in [-0.2, -0.15) is 0 Å². The third-order valence-corrected chi connectivity index (χ3v) is 2.14. The number of carbonyl (C=O) groups excluding carboxylic acids is 1. The molecular weight excluding hydrogens is 204 g/mol. The zero-order valence-electron chi connectivity index (χ0n) is 8.29. The van der Waals surface area contributed by atoms with Gasteiger partial charge in [-0.05, 0) is 28.3 Å². The van der Waals surface area contributed by atoms with E-state index in [0.717, 1.165) is 11.3 Å². The number of nitrogens with zero attached hydrogens (tertiary/aromatic N) is 3. The minimum Gasteiger partial charge on any atom is -0.352 e. The number of azide groups is 1. The highest BCUT2D eigenvalue weighted by molar-refractivity contribution is 5.94. The highest BCUT2D eigenvalue weighted by Crippen LogP contribution is 2.18. The van der Waals surface area contributed by atoms with Crippen LogP contribution in [0.15, 0.2) is 47.6 Å². The van der Waals surface area contributed by atoms with Crippen LogP contribution in [0, 0.1) is 0 Å². The minimum atomic E-state index is -0.607. The molecule has 1 N–H and O–H groups in total. The Balaban J connectivity index is 2.33. The highest BCUT2D eigenvalue weighted by atomic mass is 16.1. The maximum absolute atomic E-state index is 11.2. The molecule has 0 saturated heterocycles. The summed E-state index contributed by atoms with van der Waals surface area (Å²) in [6.45, 7) is 0. The molecule has 0 aliphatic heterocycles. The molecule has 0 unspecified atom stereocenters. The summed E-state index contributed by atoms with van der Waals surface area (Å²) in [7, 11) is 0. The molecule has 16 heavy (non-hydrogen) atoms. The molecule has 2 aromatic rings. The molecule has 0 aliphatic carbocycles. The van der Waals surface area contributed by atoms with Gasteiger partial charge in [-0.15, -0.1) is 0 Å². The van der Waals surface area contributed by atoms with E-state index >= 15 is 0 Å². The van der Waals surface area contributed by atoms with Gasteiger partial charge in [-0.1, -0.05) is 30.3 Å². The topological polar surface area (TPSA) is 81.6 Å². The van der Waals surface area contributed by atoms with Crippen LogP contribution in [0.4, 0.5) is 0 Å². The molecule has 1 aromatic heterocycles. The van der Waals surface area contributed by atoms with E-state index in [1.54, 1.807) is 12.1 Å². The first-order chi connectivity index (χ1) is 7.81. The van der Waals surface area contributed by atoms with Crippen LogP contribution in [0.5, 0.6) is 0 Å². The first kappa shape index (κ1) is 10.0. The van der Waals surface area contributed by atoms with Gasteiger partial charge >= 0.3 is 0 Å². The fraction of sp³-hybridized carbons (Fsp3) is 0. The largest absolute Gasteiger partial charge is 0.352 e. The van der Waals surface area contributed by atoms with Crippen LogP contribution in [0.25, 0.3) is 21.7 Å². The van der Waals surface area contributed by atoms with Crippen molar-refractivity contribution in [1.29, 1.82) is 0 Å². The molecule has 0 saturated carbocycles. The van der Waals surface area contributed by atoms with Crippen molar-refractivity contribution in [3.63, 3.8) is 0 Å². The molecule has 2 rings (SSSR count). The van der Waals surface area contributed by atoms with Crippen molar-refractivity contribution in [1.82, 2.24) is 4.98 Å². The van der Waals surface area contributed by atoms with Crippen molar-refractivity contribution < 1.29 is 4.79 Å². The van der Waals surface area contributed by atoms with Gasteiger partial charge in [0.25, 0.3) is 5.91 Å². The highest BCUT2D eigenvalue weighted by Gasteiger charge is 2.06. The number of hydrogen-bond donors (Lipinski definition) is 1. The van der Waals surface area contributed by atoms with Crippen molar-refractivity contribution >= 4 is 5.91 Å². The molecule has 1 amide bonds. The Labute approximate surface area is 91.4 Å². The second kappa shape index (κ2) is 4.33. The van der Waals surface area contributed by atoms with Crippen molar-refractivity contribution in [3.8, 4) is 11.3 Å². The number of hydrogen-bond acceptors (Lipinski definition) is 1. The fourth-order valence-electron chi connectivity index (χ4n) is 1.40. The molecule has 0 radical (unpaired) electrons. The van der Waals surface area contributed by atoms with Crippen LogP contribution in [-0.2, 0) is 0 Å². The Morgan fingerprint density at radius 1 is 1.19 bits per heavy atom. The van der Waals surface area contributed by atoms with Crippen molar-refractivity contribution in [2.75, 3.05) is 0 Å². The van der Waals surface area contributed by atoms with Crippen LogP contribution in [-0.4, -0.2) is 10.9 Å². The predicted molar refractivity (Wildman–Crippen MR) is 59.7 cm³/mol. The summed E-state index contributed by atoms with van der Waals surface area (Å²) in [6, 6.07) is 12.9. The van der Waals surface area contributed by atoms with Gasteiger partial charge in [-0.25, -0.2) is 0 Å². The first-order valence-electron chi connectivity index (χ1n) is 4.65. The maximum atomic E-state index is 11.2. The van der Waals surface area contributed by atoms with Gasteiger partial charge in [0.05, 0.1) is 5.69 Å². The summed E-state index contributed by atoms with van der Waals surface area (Å²) in [5.41, 5.74) is 10.2. The van der Waals surface area contributed by atoms with E-state index in [9.17, 15) is 4.79 Å². The van der Waals surface area contributed by atoms with E-state index in [4.69, 9.17) is 5.53 Å². The lowest BCUT2D eigenvalue weighted by Crippen LogP contribution is -1.92. The van der Waals surface area contributed by atoms with E-state index in [1.807, 2.05) is 30.3 Å². The Morgan fingerprint density at radius 3 is 2.62 bits per heavy atom. The summed E-state index contributed by atoms with van der Waals surface area (Å²) in [4.78, 5) is 16.6. The monoisotopic (exact) mass is 212 g/mol. The van der Waals surface area contributed by atoms with Gasteiger partial charge in [0, 0.05) is 10.6 Å². The lowest BCUT2D eigenvalue weighted by molar-refractivity contribution is 0.0996. The van der Waals surface area contributed by atoms with E-state index in [0.29, 0.717) is 0 Å². The molecule has 0 bridgehead atoms. The number of aromatic amines is 1. The van der Waals surface area contributed by atoms with Gasteiger partial charge < -0.3 is 4.98 Å². The zero-order chi connectivity index (χ0) is 11.4. The smallest absolute Gasteiger partial charge is 0.265 e. The van der Waals surface area contributed by atoms with Crippen LogP contribution in [0.3, 0.4) is 0 Å². The summed E-state index contributed by atoms with van der Waals surface area (Å²) >= 11 is 0. The first-order valence-corrected chi connectivity index (χ1v) is 4.65. The Hall–Kier alpha value is -2.52. The van der Waals surface area contributed by atoms with Crippen LogP contribution < -0.4 is 0 Å². The number of rotatable bonds is 2. The Kier molecular flexibility index (Phi) is 2.71. The van der Waals surface area contributed by atoms with Crippen molar-refractivity contribution in [2.45, 2.75) is 0 Å². The molecule has 1 heterocycles. The van der Waals surface area contributed by atoms with Crippen molar-refractivity contribution in [2.24, 2.45) is 5.11 Å². The molecule has 78 valence electrons. The normalized spacial score (nSPS) is 9.50. The lowest BCUT2D eigenvalue weighted by atomic mass is 10.2. The second-order valence-corrected chi connectivity index (χ2v) is 3.15. The van der Waals surface area contributed by atoms with Crippen LogP contribution in [0.1, 0.15) is 10.5 Å². The third-order valence-electron chi connectivity index (χ3n) is 2.14. The van der Waals surface area contributed by atoms with Gasteiger partial charge in [0.1, 0.15) is 0 Å². The number of benzene rings is 1. The van der Waals surface area contributed by atoms with Crippen LogP contribution in [0.2, 0.25) is 0 Å². The van der Waals surface area contributed by atoms with E-state index in [2.05, 4.69) is 15.0 Å². The minimum absolute atomic E-state index is 0.289. The zero-order valence-corrected chi connectivity index (χ0v) is 8.29.